The Balaban J connectivity index is 1.52. The van der Waals surface area contributed by atoms with Gasteiger partial charge in [-0.25, -0.2) is 4.79 Å². The van der Waals surface area contributed by atoms with Crippen LogP contribution in [0.1, 0.15) is 10.4 Å². The number of benzene rings is 4. The van der Waals surface area contributed by atoms with E-state index in [0.717, 1.165) is 17.5 Å². The average Bonchev–Trinajstić information content (AvgIpc) is 3.18. The van der Waals surface area contributed by atoms with Gasteiger partial charge in [0.15, 0.2) is 0 Å². The van der Waals surface area contributed by atoms with Gasteiger partial charge in [0.2, 0.25) is 0 Å². The third-order valence-corrected chi connectivity index (χ3v) is 7.30. The first-order valence-corrected chi connectivity index (χ1v) is 12.0. The summed E-state index contributed by atoms with van der Waals surface area (Å²) >= 11 is 5.25. The summed E-state index contributed by atoms with van der Waals surface area (Å²) in [5, 5.41) is 10.1. The Bertz CT molecular complexity index is 1440. The fourth-order valence-electron chi connectivity index (χ4n) is 4.00. The molecule has 0 aliphatic heterocycles. The number of hydrogen-bond donors (Lipinski definition) is 1. The third kappa shape index (κ3) is 4.56. The molecule has 1 aromatic heterocycles. The fraction of sp³-hybridized carbons (Fsp3) is 0.0357. The number of carboxylic acid groups (broad SMARTS) is 1. The fourth-order valence-corrected chi connectivity index (χ4v) is 5.73. The van der Waals surface area contributed by atoms with Gasteiger partial charge in [-0.2, -0.15) is 0 Å². The molecular formula is C28H19BrO3S. The van der Waals surface area contributed by atoms with Crippen LogP contribution in [0.5, 0.6) is 5.75 Å². The van der Waals surface area contributed by atoms with Gasteiger partial charge in [-0.3, -0.25) is 0 Å². The summed E-state index contributed by atoms with van der Waals surface area (Å²) in [5.74, 6) is 0.276. The van der Waals surface area contributed by atoms with E-state index in [-0.39, 0.29) is 5.75 Å². The van der Waals surface area contributed by atoms with Gasteiger partial charge in [0.1, 0.15) is 5.75 Å². The van der Waals surface area contributed by atoms with Crippen molar-refractivity contribution in [3.8, 4) is 28.0 Å². The first-order valence-electron chi connectivity index (χ1n) is 10.4. The third-order valence-electron chi connectivity index (χ3n) is 5.51. The minimum atomic E-state index is -1.33. The minimum absolute atomic E-state index is 0.276. The van der Waals surface area contributed by atoms with E-state index in [9.17, 15) is 4.79 Å². The van der Waals surface area contributed by atoms with Crippen LogP contribution in [-0.2, 0) is 6.42 Å². The van der Waals surface area contributed by atoms with Crippen LogP contribution >= 0.6 is 27.3 Å². The van der Waals surface area contributed by atoms with Crippen molar-refractivity contribution < 1.29 is 14.6 Å². The number of ether oxygens (including phenoxy) is 1. The van der Waals surface area contributed by atoms with Crippen molar-refractivity contribution in [3.05, 3.63) is 112 Å². The monoisotopic (exact) mass is 514 g/mol. The van der Waals surface area contributed by atoms with E-state index in [1.54, 1.807) is 6.07 Å². The zero-order chi connectivity index (χ0) is 22.8. The maximum Gasteiger partial charge on any atom is 0.511 e. The summed E-state index contributed by atoms with van der Waals surface area (Å²) < 4.78 is 6.67. The van der Waals surface area contributed by atoms with Gasteiger partial charge in [0.25, 0.3) is 0 Å². The van der Waals surface area contributed by atoms with Gasteiger partial charge in [0, 0.05) is 26.9 Å². The molecule has 0 unspecified atom stereocenters. The maximum atomic E-state index is 10.8. The molecule has 0 fully saturated rings. The molecule has 3 nitrogen and oxygen atoms in total. The highest BCUT2D eigenvalue weighted by Gasteiger charge is 2.15. The van der Waals surface area contributed by atoms with E-state index < -0.39 is 6.16 Å². The lowest BCUT2D eigenvalue weighted by atomic mass is 9.96. The predicted octanol–water partition coefficient (Wildman–Crippen LogP) is 8.65. The second kappa shape index (κ2) is 9.22. The largest absolute Gasteiger partial charge is 0.511 e. The molecule has 162 valence electrons. The van der Waals surface area contributed by atoms with E-state index in [1.165, 1.54) is 31.7 Å². The molecule has 0 saturated carbocycles. The number of rotatable bonds is 5. The van der Waals surface area contributed by atoms with Gasteiger partial charge >= 0.3 is 6.16 Å². The summed E-state index contributed by atoms with van der Waals surface area (Å²) in [4.78, 5) is 12.2. The van der Waals surface area contributed by atoms with E-state index in [0.29, 0.717) is 4.47 Å². The lowest BCUT2D eigenvalue weighted by Gasteiger charge is -2.09. The number of halogens is 1. The Labute approximate surface area is 204 Å². The number of thiophene rings is 1. The topological polar surface area (TPSA) is 46.5 Å². The second-order valence-corrected chi connectivity index (χ2v) is 9.64. The Morgan fingerprint density at radius 3 is 2.21 bits per heavy atom. The molecule has 1 N–H and O–H groups in total. The van der Waals surface area contributed by atoms with E-state index in [1.807, 2.05) is 29.5 Å². The zero-order valence-electron chi connectivity index (χ0n) is 17.5. The van der Waals surface area contributed by atoms with Crippen LogP contribution in [-0.4, -0.2) is 11.3 Å². The Morgan fingerprint density at radius 2 is 1.48 bits per heavy atom. The summed E-state index contributed by atoms with van der Waals surface area (Å²) in [7, 11) is 0. The quantitative estimate of drug-likeness (QED) is 0.188. The van der Waals surface area contributed by atoms with Crippen LogP contribution in [0.25, 0.3) is 32.3 Å². The molecule has 5 aromatic rings. The Hall–Kier alpha value is -3.41. The first-order chi connectivity index (χ1) is 16.1. The molecule has 0 saturated heterocycles. The van der Waals surface area contributed by atoms with Crippen molar-refractivity contribution in [3.63, 3.8) is 0 Å². The van der Waals surface area contributed by atoms with Crippen LogP contribution in [0.2, 0.25) is 0 Å². The molecule has 5 rings (SSSR count). The van der Waals surface area contributed by atoms with Gasteiger partial charge in [-0.15, -0.1) is 11.3 Å². The summed E-state index contributed by atoms with van der Waals surface area (Å²) in [5.41, 5.74) is 5.80. The number of hydrogen-bond acceptors (Lipinski definition) is 3. The maximum absolute atomic E-state index is 10.8. The molecule has 0 amide bonds. The molecule has 1 heterocycles. The van der Waals surface area contributed by atoms with Crippen LogP contribution in [0, 0.1) is 0 Å². The highest BCUT2D eigenvalue weighted by Crippen LogP contribution is 2.40. The second-order valence-electron chi connectivity index (χ2n) is 7.65. The number of fused-ring (bicyclic) bond motifs is 1. The summed E-state index contributed by atoms with van der Waals surface area (Å²) in [6, 6.07) is 33.1. The van der Waals surface area contributed by atoms with Crippen molar-refractivity contribution in [1.82, 2.24) is 0 Å². The molecule has 0 aliphatic rings. The minimum Gasteiger partial charge on any atom is -0.449 e. The molecule has 0 bridgehead atoms. The van der Waals surface area contributed by atoms with Crippen LogP contribution in [0.3, 0.4) is 0 Å². The highest BCUT2D eigenvalue weighted by molar-refractivity contribution is 9.10. The SMILES string of the molecule is O=C(O)Oc1ccc(-c2ccc(-c3c(Cc4ccccc4)sc4ccccc34)cc2)cc1Br. The van der Waals surface area contributed by atoms with E-state index in [2.05, 4.69) is 88.7 Å². The van der Waals surface area contributed by atoms with Crippen molar-refractivity contribution in [2.24, 2.45) is 0 Å². The standard InChI is InChI=1S/C28H19BrO3S/c29-23-17-21(14-15-24(23)32-28(30)31)19-10-12-20(13-11-19)27-22-8-4-5-9-25(22)33-26(27)16-18-6-2-1-3-7-18/h1-15,17H,16H2,(H,30,31). The van der Waals surface area contributed by atoms with Crippen LogP contribution in [0.4, 0.5) is 4.79 Å². The van der Waals surface area contributed by atoms with Crippen LogP contribution < -0.4 is 4.74 Å². The van der Waals surface area contributed by atoms with Crippen molar-refractivity contribution in [1.29, 1.82) is 0 Å². The summed E-state index contributed by atoms with van der Waals surface area (Å²) in [6.45, 7) is 0. The molecule has 33 heavy (non-hydrogen) atoms. The molecule has 0 aliphatic carbocycles. The normalized spacial score (nSPS) is 10.9. The van der Waals surface area contributed by atoms with Crippen molar-refractivity contribution in [2.45, 2.75) is 6.42 Å². The van der Waals surface area contributed by atoms with Gasteiger partial charge in [-0.1, -0.05) is 78.9 Å². The molecule has 0 radical (unpaired) electrons. The smallest absolute Gasteiger partial charge is 0.449 e. The molecule has 0 atom stereocenters. The van der Waals surface area contributed by atoms with E-state index in [4.69, 9.17) is 9.84 Å². The highest BCUT2D eigenvalue weighted by atomic mass is 79.9. The van der Waals surface area contributed by atoms with Gasteiger partial charge in [-0.05, 0) is 56.4 Å². The van der Waals surface area contributed by atoms with Crippen molar-refractivity contribution in [2.75, 3.05) is 0 Å². The Morgan fingerprint density at radius 1 is 0.818 bits per heavy atom. The summed E-state index contributed by atoms with van der Waals surface area (Å²) in [6.07, 6.45) is -0.433. The molecule has 0 spiro atoms. The Kier molecular flexibility index (Phi) is 5.99. The zero-order valence-corrected chi connectivity index (χ0v) is 19.9. The molecule has 5 heteroatoms. The number of carbonyl (C=O) groups is 1. The average molecular weight is 515 g/mol. The first kappa shape index (κ1) is 21.4. The lowest BCUT2D eigenvalue weighted by Crippen LogP contribution is -2.03. The lowest BCUT2D eigenvalue weighted by molar-refractivity contribution is 0.144. The molecular weight excluding hydrogens is 496 g/mol. The van der Waals surface area contributed by atoms with Gasteiger partial charge in [0.05, 0.1) is 4.47 Å². The molecule has 4 aromatic carbocycles. The van der Waals surface area contributed by atoms with Crippen LogP contribution in [0.15, 0.2) is 102 Å². The van der Waals surface area contributed by atoms with Crippen molar-refractivity contribution >= 4 is 43.5 Å². The van der Waals surface area contributed by atoms with E-state index >= 15 is 0 Å². The van der Waals surface area contributed by atoms with Gasteiger partial charge < -0.3 is 9.84 Å². The predicted molar refractivity (Wildman–Crippen MR) is 138 cm³/mol.